The van der Waals surface area contributed by atoms with E-state index in [0.29, 0.717) is 55.3 Å². The average Bonchev–Trinajstić information content (AvgIpc) is 3.26. The molecule has 8 heteroatoms. The lowest BCUT2D eigenvalue weighted by Gasteiger charge is -2.31. The Morgan fingerprint density at radius 2 is 1.81 bits per heavy atom. The van der Waals surface area contributed by atoms with Crippen LogP contribution in [0.2, 0.25) is 0 Å². The van der Waals surface area contributed by atoms with Crippen LogP contribution in [0.3, 0.4) is 0 Å². The number of rotatable bonds is 6. The summed E-state index contributed by atoms with van der Waals surface area (Å²) in [6, 6.07) is 11.9. The van der Waals surface area contributed by atoms with Gasteiger partial charge in [0.2, 0.25) is 17.7 Å². The first kappa shape index (κ1) is 21.1. The highest BCUT2D eigenvalue weighted by Gasteiger charge is 2.28. The van der Waals surface area contributed by atoms with E-state index in [4.69, 9.17) is 10.2 Å². The standard InChI is InChI=1S/C23H24F2N4O2/c24-18-7-5-15(6-8-18)22-27-28-23(31-22)16-9-11-29(12-10-16)21(30)14-19(26)13-17-3-1-2-4-20(17)25/h1-8,16,19H,9-14,26H2/t19-/m1/s1. The van der Waals surface area contributed by atoms with Crippen molar-refractivity contribution in [3.8, 4) is 11.5 Å². The summed E-state index contributed by atoms with van der Waals surface area (Å²) in [6.45, 7) is 1.15. The Labute approximate surface area is 179 Å². The predicted octanol–water partition coefficient (Wildman–Crippen LogP) is 3.68. The van der Waals surface area contributed by atoms with Crippen molar-refractivity contribution in [3.05, 3.63) is 71.6 Å². The zero-order valence-corrected chi connectivity index (χ0v) is 17.0. The number of amides is 1. The molecule has 1 aliphatic heterocycles. The molecule has 1 fully saturated rings. The van der Waals surface area contributed by atoms with E-state index in [1.165, 1.54) is 18.2 Å². The molecule has 1 atom stereocenters. The molecular formula is C23H24F2N4O2. The highest BCUT2D eigenvalue weighted by atomic mass is 19.1. The third kappa shape index (κ3) is 5.14. The number of piperidine rings is 1. The minimum atomic E-state index is -0.434. The molecule has 0 radical (unpaired) electrons. The van der Waals surface area contributed by atoms with Crippen molar-refractivity contribution in [1.29, 1.82) is 0 Å². The summed E-state index contributed by atoms with van der Waals surface area (Å²) in [6.07, 6.45) is 1.91. The van der Waals surface area contributed by atoms with Gasteiger partial charge >= 0.3 is 0 Å². The number of hydrogen-bond donors (Lipinski definition) is 1. The molecule has 1 aromatic heterocycles. The van der Waals surface area contributed by atoms with Gasteiger partial charge in [0.25, 0.3) is 0 Å². The normalized spacial score (nSPS) is 15.8. The lowest BCUT2D eigenvalue weighted by Crippen LogP contribution is -2.41. The second-order valence-electron chi connectivity index (χ2n) is 7.87. The van der Waals surface area contributed by atoms with Crippen molar-refractivity contribution in [1.82, 2.24) is 15.1 Å². The van der Waals surface area contributed by atoms with Crippen molar-refractivity contribution in [3.63, 3.8) is 0 Å². The second kappa shape index (κ2) is 9.34. The SMILES string of the molecule is N[C@@H](CC(=O)N1CCC(c2nnc(-c3ccc(F)cc3)o2)CC1)Cc1ccccc1F. The molecular weight excluding hydrogens is 402 g/mol. The second-order valence-corrected chi connectivity index (χ2v) is 7.87. The summed E-state index contributed by atoms with van der Waals surface area (Å²) in [5.74, 6) is 0.299. The van der Waals surface area contributed by atoms with Gasteiger partial charge in [0.1, 0.15) is 11.6 Å². The summed E-state index contributed by atoms with van der Waals surface area (Å²) in [5.41, 5.74) is 7.28. The number of aromatic nitrogens is 2. The summed E-state index contributed by atoms with van der Waals surface area (Å²) in [4.78, 5) is 14.4. The van der Waals surface area contributed by atoms with E-state index in [1.807, 2.05) is 0 Å². The van der Waals surface area contributed by atoms with E-state index >= 15 is 0 Å². The van der Waals surface area contributed by atoms with E-state index < -0.39 is 6.04 Å². The molecule has 2 aromatic carbocycles. The van der Waals surface area contributed by atoms with E-state index in [9.17, 15) is 13.6 Å². The maximum atomic E-state index is 13.8. The number of halogens is 2. The Kier molecular flexibility index (Phi) is 6.36. The molecule has 6 nitrogen and oxygen atoms in total. The molecule has 1 aliphatic rings. The number of carbonyl (C=O) groups is 1. The Morgan fingerprint density at radius 1 is 1.10 bits per heavy atom. The number of likely N-dealkylation sites (tertiary alicyclic amines) is 1. The van der Waals surface area contributed by atoms with Gasteiger partial charge in [0.15, 0.2) is 0 Å². The maximum absolute atomic E-state index is 13.8. The lowest BCUT2D eigenvalue weighted by atomic mass is 9.96. The lowest BCUT2D eigenvalue weighted by molar-refractivity contribution is -0.132. The minimum absolute atomic E-state index is 0.0279. The predicted molar refractivity (Wildman–Crippen MR) is 111 cm³/mol. The molecule has 2 N–H and O–H groups in total. The van der Waals surface area contributed by atoms with Crippen molar-refractivity contribution < 1.29 is 18.0 Å². The molecule has 0 unspecified atom stereocenters. The topological polar surface area (TPSA) is 85.3 Å². The van der Waals surface area contributed by atoms with E-state index in [1.54, 1.807) is 35.2 Å². The van der Waals surface area contributed by atoms with Crippen LogP contribution >= 0.6 is 0 Å². The van der Waals surface area contributed by atoms with Crippen LogP contribution in [-0.2, 0) is 11.2 Å². The highest BCUT2D eigenvalue weighted by molar-refractivity contribution is 5.77. The van der Waals surface area contributed by atoms with Crippen LogP contribution in [-0.4, -0.2) is 40.1 Å². The minimum Gasteiger partial charge on any atom is -0.420 e. The zero-order chi connectivity index (χ0) is 21.8. The van der Waals surface area contributed by atoms with Gasteiger partial charge in [0.05, 0.1) is 0 Å². The Bertz CT molecular complexity index is 1030. The van der Waals surface area contributed by atoms with Crippen molar-refractivity contribution in [2.24, 2.45) is 5.73 Å². The largest absolute Gasteiger partial charge is 0.420 e. The van der Waals surface area contributed by atoms with E-state index in [-0.39, 0.29) is 29.9 Å². The Morgan fingerprint density at radius 3 is 2.52 bits per heavy atom. The highest BCUT2D eigenvalue weighted by Crippen LogP contribution is 2.29. The van der Waals surface area contributed by atoms with Gasteiger partial charge in [-0.1, -0.05) is 18.2 Å². The molecule has 0 aliphatic carbocycles. The molecule has 0 spiro atoms. The molecule has 2 heterocycles. The van der Waals surface area contributed by atoms with E-state index in [2.05, 4.69) is 10.2 Å². The molecule has 0 saturated carbocycles. The quantitative estimate of drug-likeness (QED) is 0.650. The van der Waals surface area contributed by atoms with Crippen LogP contribution in [0.5, 0.6) is 0 Å². The molecule has 4 rings (SSSR count). The monoisotopic (exact) mass is 426 g/mol. The number of carbonyl (C=O) groups excluding carboxylic acids is 1. The van der Waals surface area contributed by atoms with Crippen molar-refractivity contribution in [2.75, 3.05) is 13.1 Å². The average molecular weight is 426 g/mol. The van der Waals surface area contributed by atoms with E-state index in [0.717, 1.165) is 0 Å². The smallest absolute Gasteiger partial charge is 0.247 e. The van der Waals surface area contributed by atoms with Gasteiger partial charge in [-0.2, -0.15) is 0 Å². The first-order chi connectivity index (χ1) is 15.0. The summed E-state index contributed by atoms with van der Waals surface area (Å²) in [7, 11) is 0. The zero-order valence-electron chi connectivity index (χ0n) is 17.0. The van der Waals surface area contributed by atoms with Crippen LogP contribution < -0.4 is 5.73 Å². The molecule has 31 heavy (non-hydrogen) atoms. The van der Waals surface area contributed by atoms with Gasteiger partial charge in [-0.3, -0.25) is 4.79 Å². The fourth-order valence-corrected chi connectivity index (χ4v) is 3.86. The molecule has 162 valence electrons. The maximum Gasteiger partial charge on any atom is 0.247 e. The molecule has 1 saturated heterocycles. The third-order valence-corrected chi connectivity index (χ3v) is 5.61. The fourth-order valence-electron chi connectivity index (χ4n) is 3.86. The summed E-state index contributed by atoms with van der Waals surface area (Å²) in [5, 5.41) is 8.21. The number of nitrogens with two attached hydrogens (primary N) is 1. The molecule has 3 aromatic rings. The van der Waals surface area contributed by atoms with Gasteiger partial charge in [-0.05, 0) is 55.2 Å². The van der Waals surface area contributed by atoms with Crippen LogP contribution in [0.25, 0.3) is 11.5 Å². The number of benzene rings is 2. The fraction of sp³-hybridized carbons (Fsp3) is 0.348. The summed E-state index contributed by atoms with van der Waals surface area (Å²) >= 11 is 0. The number of hydrogen-bond acceptors (Lipinski definition) is 5. The van der Waals surface area contributed by atoms with Gasteiger partial charge < -0.3 is 15.1 Å². The summed E-state index contributed by atoms with van der Waals surface area (Å²) < 4.78 is 32.7. The Hall–Kier alpha value is -3.13. The Balaban J connectivity index is 1.29. The van der Waals surface area contributed by atoms with Gasteiger partial charge in [-0.25, -0.2) is 8.78 Å². The van der Waals surface area contributed by atoms with Crippen molar-refractivity contribution in [2.45, 2.75) is 37.6 Å². The molecule has 1 amide bonds. The third-order valence-electron chi connectivity index (χ3n) is 5.61. The van der Waals surface area contributed by atoms with Crippen LogP contribution in [0.4, 0.5) is 8.78 Å². The van der Waals surface area contributed by atoms with Crippen LogP contribution in [0.15, 0.2) is 52.9 Å². The van der Waals surface area contributed by atoms with Gasteiger partial charge in [-0.15, -0.1) is 10.2 Å². The van der Waals surface area contributed by atoms with Crippen molar-refractivity contribution >= 4 is 5.91 Å². The molecule has 0 bridgehead atoms. The van der Waals surface area contributed by atoms with Crippen LogP contribution in [0, 0.1) is 11.6 Å². The first-order valence-electron chi connectivity index (χ1n) is 10.4. The number of nitrogens with zero attached hydrogens (tertiary/aromatic N) is 3. The van der Waals surface area contributed by atoms with Crippen LogP contribution in [0.1, 0.15) is 36.6 Å². The van der Waals surface area contributed by atoms with Gasteiger partial charge in [0, 0.05) is 37.0 Å². The first-order valence-corrected chi connectivity index (χ1v) is 10.4.